The fraction of sp³-hybridized carbons (Fsp3) is 0.700. The summed E-state index contributed by atoms with van der Waals surface area (Å²) in [6.45, 7) is 8.83. The molecule has 0 radical (unpaired) electrons. The molecule has 0 spiro atoms. The maximum atomic E-state index is 4.33. The minimum absolute atomic E-state index is 0.610. The fourth-order valence-corrected chi connectivity index (χ4v) is 1.42. The number of nitrogens with zero attached hydrogens (tertiary/aromatic N) is 2. The van der Waals surface area contributed by atoms with Crippen molar-refractivity contribution in [1.29, 1.82) is 0 Å². The highest BCUT2D eigenvalue weighted by Gasteiger charge is 2.14. The third kappa shape index (κ3) is 1.68. The van der Waals surface area contributed by atoms with Gasteiger partial charge in [-0.3, -0.25) is 4.68 Å². The van der Waals surface area contributed by atoms with E-state index >= 15 is 0 Å². The van der Waals surface area contributed by atoms with Gasteiger partial charge in [-0.15, -0.1) is 0 Å². The molecule has 0 bridgehead atoms. The Morgan fingerprint density at radius 3 is 2.25 bits per heavy atom. The van der Waals surface area contributed by atoms with Crippen LogP contribution < -0.4 is 0 Å². The molecule has 68 valence electrons. The largest absolute Gasteiger partial charge is 0.275 e. The van der Waals surface area contributed by atoms with E-state index in [-0.39, 0.29) is 0 Å². The van der Waals surface area contributed by atoms with E-state index in [1.54, 1.807) is 0 Å². The van der Waals surface area contributed by atoms with Crippen LogP contribution in [0.4, 0.5) is 0 Å². The quantitative estimate of drug-likeness (QED) is 0.660. The molecule has 2 nitrogen and oxygen atoms in total. The third-order valence-corrected chi connectivity index (χ3v) is 2.54. The minimum Gasteiger partial charge on any atom is -0.275 e. The van der Waals surface area contributed by atoms with Crippen molar-refractivity contribution in [2.75, 3.05) is 0 Å². The lowest BCUT2D eigenvalue weighted by atomic mass is 9.91. The predicted molar refractivity (Wildman–Crippen MR) is 51.2 cm³/mol. The van der Waals surface area contributed by atoms with Crippen molar-refractivity contribution >= 4 is 0 Å². The molecule has 0 saturated heterocycles. The van der Waals surface area contributed by atoms with Crippen LogP contribution >= 0.6 is 0 Å². The molecule has 0 aliphatic heterocycles. The predicted octanol–water partition coefficient (Wildman–Crippen LogP) is 2.49. The van der Waals surface area contributed by atoms with Crippen LogP contribution in [0.25, 0.3) is 0 Å². The van der Waals surface area contributed by atoms with Gasteiger partial charge in [-0.05, 0) is 24.3 Å². The van der Waals surface area contributed by atoms with E-state index in [1.807, 2.05) is 11.7 Å². The Morgan fingerprint density at radius 2 is 1.92 bits per heavy atom. The molecule has 1 aromatic rings. The van der Waals surface area contributed by atoms with E-state index in [1.165, 1.54) is 11.3 Å². The maximum absolute atomic E-state index is 4.33. The number of rotatable bonds is 2. The Hall–Kier alpha value is -0.790. The van der Waals surface area contributed by atoms with Crippen LogP contribution in [0.5, 0.6) is 0 Å². The lowest BCUT2D eigenvalue weighted by molar-refractivity contribution is 0.533. The number of aromatic nitrogens is 2. The van der Waals surface area contributed by atoms with Crippen molar-refractivity contribution in [2.45, 2.75) is 33.6 Å². The Morgan fingerprint density at radius 1 is 1.33 bits per heavy atom. The highest BCUT2D eigenvalue weighted by Crippen LogP contribution is 2.25. The second-order valence-corrected chi connectivity index (χ2v) is 3.88. The summed E-state index contributed by atoms with van der Waals surface area (Å²) in [6, 6.07) is 0. The molecular weight excluding hydrogens is 148 g/mol. The van der Waals surface area contributed by atoms with Crippen molar-refractivity contribution in [2.24, 2.45) is 13.0 Å². The van der Waals surface area contributed by atoms with Gasteiger partial charge in [0.05, 0.1) is 5.69 Å². The van der Waals surface area contributed by atoms with Crippen molar-refractivity contribution in [3.05, 3.63) is 17.5 Å². The first-order valence-electron chi connectivity index (χ1n) is 4.52. The molecule has 1 aromatic heterocycles. The lowest BCUT2D eigenvalue weighted by Crippen LogP contribution is -2.02. The van der Waals surface area contributed by atoms with E-state index in [4.69, 9.17) is 0 Å². The van der Waals surface area contributed by atoms with Gasteiger partial charge in [0.15, 0.2) is 0 Å². The van der Waals surface area contributed by atoms with Gasteiger partial charge in [0.2, 0.25) is 0 Å². The van der Waals surface area contributed by atoms with E-state index in [0.29, 0.717) is 11.8 Å². The summed E-state index contributed by atoms with van der Waals surface area (Å²) in [4.78, 5) is 0. The monoisotopic (exact) mass is 166 g/mol. The lowest BCUT2D eigenvalue weighted by Gasteiger charge is -2.13. The van der Waals surface area contributed by atoms with Crippen molar-refractivity contribution in [1.82, 2.24) is 9.78 Å². The molecule has 1 unspecified atom stereocenters. The van der Waals surface area contributed by atoms with Gasteiger partial charge in [0.25, 0.3) is 0 Å². The van der Waals surface area contributed by atoms with Gasteiger partial charge in [0, 0.05) is 13.2 Å². The van der Waals surface area contributed by atoms with Gasteiger partial charge >= 0.3 is 0 Å². The van der Waals surface area contributed by atoms with Crippen LogP contribution in [0.3, 0.4) is 0 Å². The molecule has 2 heteroatoms. The molecule has 0 aliphatic rings. The molecule has 0 amide bonds. The van der Waals surface area contributed by atoms with Crippen LogP contribution in [-0.2, 0) is 7.05 Å². The van der Waals surface area contributed by atoms with Gasteiger partial charge in [-0.25, -0.2) is 0 Å². The summed E-state index contributed by atoms with van der Waals surface area (Å²) in [6.07, 6.45) is 2.12. The highest BCUT2D eigenvalue weighted by molar-refractivity contribution is 5.20. The minimum atomic E-state index is 0.610. The molecule has 0 N–H and O–H groups in total. The number of aryl methyl sites for hydroxylation is 2. The summed E-state index contributed by atoms with van der Waals surface area (Å²) < 4.78 is 1.89. The highest BCUT2D eigenvalue weighted by atomic mass is 15.2. The summed E-state index contributed by atoms with van der Waals surface area (Å²) in [7, 11) is 1.98. The number of hydrogen-bond donors (Lipinski definition) is 0. The van der Waals surface area contributed by atoms with Crippen LogP contribution in [-0.4, -0.2) is 9.78 Å². The Bertz CT molecular complexity index is 261. The standard InChI is InChI=1S/C10H18N2/c1-7(2)8(3)10-6-12(5)11-9(10)4/h6-8H,1-5H3. The second kappa shape index (κ2) is 3.30. The fourth-order valence-electron chi connectivity index (χ4n) is 1.42. The summed E-state index contributed by atoms with van der Waals surface area (Å²) in [5.74, 6) is 1.30. The van der Waals surface area contributed by atoms with Crippen molar-refractivity contribution in [3.8, 4) is 0 Å². The van der Waals surface area contributed by atoms with E-state index < -0.39 is 0 Å². The summed E-state index contributed by atoms with van der Waals surface area (Å²) in [5, 5.41) is 4.33. The first-order chi connectivity index (χ1) is 5.52. The Kier molecular flexibility index (Phi) is 2.55. The molecule has 12 heavy (non-hydrogen) atoms. The molecule has 0 saturated carbocycles. The first kappa shape index (κ1) is 9.30. The molecule has 1 rings (SSSR count). The smallest absolute Gasteiger partial charge is 0.0628 e. The molecule has 0 fully saturated rings. The normalized spacial score (nSPS) is 13.8. The average Bonchev–Trinajstić information content (AvgIpc) is 2.28. The molecule has 0 aromatic carbocycles. The van der Waals surface area contributed by atoms with Gasteiger partial charge in [-0.1, -0.05) is 20.8 Å². The SMILES string of the molecule is Cc1nn(C)cc1C(C)C(C)C. The first-order valence-corrected chi connectivity index (χ1v) is 4.52. The van der Waals surface area contributed by atoms with Crippen LogP contribution in [0.1, 0.15) is 37.9 Å². The molecule has 1 heterocycles. The van der Waals surface area contributed by atoms with Crippen molar-refractivity contribution in [3.63, 3.8) is 0 Å². The zero-order chi connectivity index (χ0) is 9.30. The molecule has 0 aliphatic carbocycles. The average molecular weight is 166 g/mol. The van der Waals surface area contributed by atoms with Gasteiger partial charge < -0.3 is 0 Å². The molecule has 1 atom stereocenters. The van der Waals surface area contributed by atoms with E-state index in [9.17, 15) is 0 Å². The summed E-state index contributed by atoms with van der Waals surface area (Å²) in [5.41, 5.74) is 2.55. The topological polar surface area (TPSA) is 17.8 Å². The zero-order valence-corrected chi connectivity index (χ0v) is 8.63. The zero-order valence-electron chi connectivity index (χ0n) is 8.63. The van der Waals surface area contributed by atoms with Crippen LogP contribution in [0.15, 0.2) is 6.20 Å². The Labute approximate surface area is 74.6 Å². The summed E-state index contributed by atoms with van der Waals surface area (Å²) >= 11 is 0. The number of hydrogen-bond acceptors (Lipinski definition) is 1. The maximum Gasteiger partial charge on any atom is 0.0628 e. The van der Waals surface area contributed by atoms with Crippen LogP contribution in [0, 0.1) is 12.8 Å². The Balaban J connectivity index is 2.94. The third-order valence-electron chi connectivity index (χ3n) is 2.54. The van der Waals surface area contributed by atoms with Crippen LogP contribution in [0.2, 0.25) is 0 Å². The van der Waals surface area contributed by atoms with E-state index in [0.717, 1.165) is 0 Å². The molecular formula is C10H18N2. The van der Waals surface area contributed by atoms with Gasteiger partial charge in [-0.2, -0.15) is 5.10 Å². The van der Waals surface area contributed by atoms with Crippen molar-refractivity contribution < 1.29 is 0 Å². The van der Waals surface area contributed by atoms with Gasteiger partial charge in [0.1, 0.15) is 0 Å². The second-order valence-electron chi connectivity index (χ2n) is 3.88. The van der Waals surface area contributed by atoms with E-state index in [2.05, 4.69) is 39.0 Å².